The molecule has 0 aliphatic carbocycles. The van der Waals surface area contributed by atoms with Gasteiger partial charge in [0.25, 0.3) is 0 Å². The first kappa shape index (κ1) is 14.8. The number of nitrogen functional groups attached to an aromatic ring is 1. The van der Waals surface area contributed by atoms with Crippen LogP contribution in [0.5, 0.6) is 17.2 Å². The molecule has 0 fully saturated rings. The number of hydrogen-bond donors (Lipinski definition) is 1. The van der Waals surface area contributed by atoms with E-state index in [-0.39, 0.29) is 0 Å². The molecular weight excluding hydrogens is 272 g/mol. The van der Waals surface area contributed by atoms with Gasteiger partial charge in [-0.05, 0) is 31.2 Å². The predicted octanol–water partition coefficient (Wildman–Crippen LogP) is 2.76. The summed E-state index contributed by atoms with van der Waals surface area (Å²) in [7, 11) is 4.71. The zero-order valence-electron chi connectivity index (χ0n) is 12.5. The molecule has 0 bridgehead atoms. The fourth-order valence-electron chi connectivity index (χ4n) is 1.94. The van der Waals surface area contributed by atoms with Crippen LogP contribution in [0, 0.1) is 6.92 Å². The number of hydrogen-bond acceptors (Lipinski definition) is 6. The normalized spacial score (nSPS) is 10.9. The molecule has 0 unspecified atom stereocenters. The van der Waals surface area contributed by atoms with Crippen LogP contribution in [0.15, 0.2) is 16.7 Å². The van der Waals surface area contributed by atoms with E-state index < -0.39 is 0 Å². The zero-order chi connectivity index (χ0) is 15.4. The molecule has 0 aliphatic heterocycles. The van der Waals surface area contributed by atoms with Gasteiger partial charge in [-0.2, -0.15) is 0 Å². The van der Waals surface area contributed by atoms with Gasteiger partial charge in [0.15, 0.2) is 17.3 Å². The van der Waals surface area contributed by atoms with Crippen LogP contribution in [-0.4, -0.2) is 26.5 Å². The number of benzene rings is 1. The molecule has 6 nitrogen and oxygen atoms in total. The summed E-state index contributed by atoms with van der Waals surface area (Å²) in [6, 6.07) is 3.66. The monoisotopic (exact) mass is 290 g/mol. The van der Waals surface area contributed by atoms with E-state index in [1.165, 1.54) is 0 Å². The first-order chi connectivity index (χ1) is 10.1. The van der Waals surface area contributed by atoms with Gasteiger partial charge in [0.1, 0.15) is 11.4 Å². The van der Waals surface area contributed by atoms with E-state index >= 15 is 0 Å². The highest BCUT2D eigenvalue weighted by Crippen LogP contribution is 2.40. The van der Waals surface area contributed by atoms with Gasteiger partial charge in [-0.25, -0.2) is 0 Å². The van der Waals surface area contributed by atoms with Crippen molar-refractivity contribution in [2.24, 2.45) is 0 Å². The minimum atomic E-state index is 0.519. The number of aryl methyl sites for hydroxylation is 1. The second-order valence-electron chi connectivity index (χ2n) is 4.29. The average molecular weight is 290 g/mol. The molecule has 1 aromatic heterocycles. The maximum Gasteiger partial charge on any atom is 0.203 e. The van der Waals surface area contributed by atoms with E-state index in [1.807, 2.05) is 12.1 Å². The maximum absolute atomic E-state index is 5.86. The van der Waals surface area contributed by atoms with Crippen molar-refractivity contribution in [1.29, 1.82) is 0 Å². The van der Waals surface area contributed by atoms with Crippen molar-refractivity contribution in [3.05, 3.63) is 29.2 Å². The first-order valence-corrected chi connectivity index (χ1v) is 6.31. The van der Waals surface area contributed by atoms with Crippen LogP contribution in [0.2, 0.25) is 0 Å². The summed E-state index contributed by atoms with van der Waals surface area (Å²) < 4.78 is 21.0. The fourth-order valence-corrected chi connectivity index (χ4v) is 1.94. The van der Waals surface area contributed by atoms with E-state index in [9.17, 15) is 0 Å². The third-order valence-corrected chi connectivity index (χ3v) is 3.09. The summed E-state index contributed by atoms with van der Waals surface area (Å²) in [5, 5.41) is 3.88. The molecule has 2 rings (SSSR count). The molecule has 0 aliphatic rings. The van der Waals surface area contributed by atoms with E-state index in [1.54, 1.807) is 40.4 Å². The molecule has 2 aromatic rings. The largest absolute Gasteiger partial charge is 0.493 e. The molecule has 6 heteroatoms. The van der Waals surface area contributed by atoms with Crippen molar-refractivity contribution in [3.8, 4) is 17.2 Å². The number of aromatic nitrogens is 1. The molecule has 0 spiro atoms. The van der Waals surface area contributed by atoms with Gasteiger partial charge >= 0.3 is 0 Å². The number of rotatable bonds is 5. The number of anilines is 1. The van der Waals surface area contributed by atoms with Gasteiger partial charge in [0, 0.05) is 5.56 Å². The van der Waals surface area contributed by atoms with Gasteiger partial charge in [0.2, 0.25) is 5.75 Å². The highest BCUT2D eigenvalue weighted by atomic mass is 16.5. The summed E-state index contributed by atoms with van der Waals surface area (Å²) in [5.41, 5.74) is 7.76. The lowest BCUT2D eigenvalue weighted by Crippen LogP contribution is -1.96. The number of methoxy groups -OCH3 is 3. The lowest BCUT2D eigenvalue weighted by Gasteiger charge is -2.13. The van der Waals surface area contributed by atoms with Gasteiger partial charge in [-0.1, -0.05) is 5.16 Å². The fraction of sp³-hybridized carbons (Fsp3) is 0.267. The summed E-state index contributed by atoms with van der Waals surface area (Å²) in [6.07, 6.45) is 3.59. The topological polar surface area (TPSA) is 79.7 Å². The van der Waals surface area contributed by atoms with Crippen LogP contribution in [0.3, 0.4) is 0 Å². The lowest BCUT2D eigenvalue weighted by atomic mass is 10.1. The zero-order valence-corrected chi connectivity index (χ0v) is 12.5. The quantitative estimate of drug-likeness (QED) is 0.912. The third kappa shape index (κ3) is 2.79. The molecule has 112 valence electrons. The smallest absolute Gasteiger partial charge is 0.203 e. The van der Waals surface area contributed by atoms with Crippen molar-refractivity contribution in [1.82, 2.24) is 5.16 Å². The Morgan fingerprint density at radius 2 is 1.76 bits per heavy atom. The molecular formula is C15H18N2O4. The van der Waals surface area contributed by atoms with Crippen LogP contribution in [0.25, 0.3) is 12.2 Å². The Morgan fingerprint density at radius 1 is 1.05 bits per heavy atom. The van der Waals surface area contributed by atoms with Crippen LogP contribution >= 0.6 is 0 Å². The minimum Gasteiger partial charge on any atom is -0.493 e. The molecule has 0 saturated carbocycles. The maximum atomic E-state index is 5.86. The SMILES string of the molecule is COc1ccc(/C=C/c2noc(C)c2N)c(OC)c1OC. The Morgan fingerprint density at radius 3 is 2.29 bits per heavy atom. The van der Waals surface area contributed by atoms with Crippen LogP contribution in [-0.2, 0) is 0 Å². The molecule has 0 radical (unpaired) electrons. The summed E-state index contributed by atoms with van der Waals surface area (Å²) in [6.45, 7) is 1.76. The van der Waals surface area contributed by atoms with Gasteiger partial charge in [0.05, 0.1) is 21.3 Å². The molecule has 0 atom stereocenters. The van der Waals surface area contributed by atoms with Crippen LogP contribution in [0.4, 0.5) is 5.69 Å². The van der Waals surface area contributed by atoms with E-state index in [2.05, 4.69) is 5.16 Å². The summed E-state index contributed by atoms with van der Waals surface area (Å²) >= 11 is 0. The second-order valence-corrected chi connectivity index (χ2v) is 4.29. The van der Waals surface area contributed by atoms with Gasteiger partial charge in [-0.3, -0.25) is 0 Å². The molecule has 2 N–H and O–H groups in total. The Kier molecular flexibility index (Phi) is 4.37. The predicted molar refractivity (Wildman–Crippen MR) is 80.7 cm³/mol. The molecule has 0 amide bonds. The van der Waals surface area contributed by atoms with Crippen molar-refractivity contribution in [3.63, 3.8) is 0 Å². The minimum absolute atomic E-state index is 0.519. The van der Waals surface area contributed by atoms with Crippen LogP contribution in [0.1, 0.15) is 17.0 Å². The number of ether oxygens (including phenoxy) is 3. The molecule has 1 aromatic carbocycles. The number of nitrogens with zero attached hydrogens (tertiary/aromatic N) is 1. The Hall–Kier alpha value is -2.63. The van der Waals surface area contributed by atoms with Crippen molar-refractivity contribution in [2.75, 3.05) is 27.1 Å². The van der Waals surface area contributed by atoms with E-state index in [0.717, 1.165) is 5.56 Å². The van der Waals surface area contributed by atoms with Crippen molar-refractivity contribution >= 4 is 17.8 Å². The Labute approximate surface area is 123 Å². The third-order valence-electron chi connectivity index (χ3n) is 3.09. The highest BCUT2D eigenvalue weighted by molar-refractivity contribution is 5.78. The molecule has 1 heterocycles. The van der Waals surface area contributed by atoms with E-state index in [0.29, 0.717) is 34.4 Å². The Balaban J connectivity index is 2.42. The van der Waals surface area contributed by atoms with Crippen molar-refractivity contribution < 1.29 is 18.7 Å². The van der Waals surface area contributed by atoms with Crippen LogP contribution < -0.4 is 19.9 Å². The standard InChI is InChI=1S/C15H18N2O4/c1-9-13(16)11(17-21-9)7-5-10-6-8-12(18-2)15(20-4)14(10)19-3/h5-8H,16H2,1-4H3/b7-5+. The lowest BCUT2D eigenvalue weighted by molar-refractivity contribution is 0.324. The average Bonchev–Trinajstić information content (AvgIpc) is 2.83. The summed E-state index contributed by atoms with van der Waals surface area (Å²) in [5.74, 6) is 2.30. The van der Waals surface area contributed by atoms with E-state index in [4.69, 9.17) is 24.5 Å². The first-order valence-electron chi connectivity index (χ1n) is 6.31. The second kappa shape index (κ2) is 6.21. The molecule has 0 saturated heterocycles. The summed E-state index contributed by atoms with van der Waals surface area (Å²) in [4.78, 5) is 0. The Bertz CT molecular complexity index is 662. The number of nitrogens with two attached hydrogens (primary N) is 1. The molecule has 21 heavy (non-hydrogen) atoms. The highest BCUT2D eigenvalue weighted by Gasteiger charge is 2.14. The van der Waals surface area contributed by atoms with Gasteiger partial charge in [-0.15, -0.1) is 0 Å². The van der Waals surface area contributed by atoms with Gasteiger partial charge < -0.3 is 24.5 Å². The van der Waals surface area contributed by atoms with Crippen molar-refractivity contribution in [2.45, 2.75) is 6.92 Å².